The fourth-order valence-electron chi connectivity index (χ4n) is 2.38. The van der Waals surface area contributed by atoms with Crippen LogP contribution < -0.4 is 4.74 Å². The van der Waals surface area contributed by atoms with Gasteiger partial charge in [-0.15, -0.1) is 16.4 Å². The molecule has 0 aromatic carbocycles. The van der Waals surface area contributed by atoms with E-state index >= 15 is 0 Å². The molecule has 3 rings (SSSR count). The number of hydrogen-bond acceptors (Lipinski definition) is 6. The van der Waals surface area contributed by atoms with Gasteiger partial charge in [0.25, 0.3) is 10.0 Å². The first-order valence-electron chi connectivity index (χ1n) is 7.06. The molecule has 0 amide bonds. The molecule has 3 heterocycles. The number of rotatable bonds is 4. The number of piperidine rings is 1. The van der Waals surface area contributed by atoms with E-state index in [4.69, 9.17) is 4.74 Å². The van der Waals surface area contributed by atoms with Gasteiger partial charge in [-0.05, 0) is 37.3 Å². The molecule has 1 saturated heterocycles. The molecule has 22 heavy (non-hydrogen) atoms. The lowest BCUT2D eigenvalue weighted by Crippen LogP contribution is -2.44. The van der Waals surface area contributed by atoms with Crippen molar-refractivity contribution in [2.75, 3.05) is 13.1 Å². The average molecular weight is 339 g/mol. The zero-order valence-electron chi connectivity index (χ0n) is 12.2. The van der Waals surface area contributed by atoms with Gasteiger partial charge in [-0.1, -0.05) is 6.07 Å². The number of hydrogen-bond donors (Lipinski definition) is 0. The Balaban J connectivity index is 1.70. The molecular weight excluding hydrogens is 322 g/mol. The van der Waals surface area contributed by atoms with Gasteiger partial charge < -0.3 is 4.74 Å². The van der Waals surface area contributed by atoms with Crippen molar-refractivity contribution in [2.24, 2.45) is 0 Å². The molecule has 1 aliphatic rings. The SMILES string of the molecule is Cc1ccc(O[C@@H]2CCCN(S(=O)(=O)c3cccs3)C2)nn1. The maximum absolute atomic E-state index is 12.5. The highest BCUT2D eigenvalue weighted by Gasteiger charge is 2.31. The van der Waals surface area contributed by atoms with Crippen molar-refractivity contribution >= 4 is 21.4 Å². The number of ether oxygens (including phenoxy) is 1. The topological polar surface area (TPSA) is 72.4 Å². The molecule has 2 aromatic rings. The molecule has 118 valence electrons. The molecule has 0 bridgehead atoms. The lowest BCUT2D eigenvalue weighted by Gasteiger charge is -2.31. The van der Waals surface area contributed by atoms with Crippen LogP contribution in [0.25, 0.3) is 0 Å². The van der Waals surface area contributed by atoms with E-state index < -0.39 is 10.0 Å². The summed E-state index contributed by atoms with van der Waals surface area (Å²) in [5.41, 5.74) is 0.817. The molecule has 0 unspecified atom stereocenters. The molecule has 0 spiro atoms. The Morgan fingerprint density at radius 3 is 2.86 bits per heavy atom. The van der Waals surface area contributed by atoms with Gasteiger partial charge in [0.2, 0.25) is 5.88 Å². The maximum atomic E-state index is 12.5. The van der Waals surface area contributed by atoms with Gasteiger partial charge in [0, 0.05) is 12.6 Å². The molecule has 8 heteroatoms. The van der Waals surface area contributed by atoms with Crippen LogP contribution in [0.1, 0.15) is 18.5 Å². The van der Waals surface area contributed by atoms with E-state index in [1.807, 2.05) is 13.0 Å². The van der Waals surface area contributed by atoms with Crippen LogP contribution in [0.2, 0.25) is 0 Å². The first kappa shape index (κ1) is 15.4. The van der Waals surface area contributed by atoms with Crippen molar-refractivity contribution in [3.8, 4) is 5.88 Å². The first-order chi connectivity index (χ1) is 10.6. The minimum absolute atomic E-state index is 0.194. The van der Waals surface area contributed by atoms with Gasteiger partial charge in [0.15, 0.2) is 0 Å². The van der Waals surface area contributed by atoms with E-state index in [2.05, 4.69) is 10.2 Å². The van der Waals surface area contributed by atoms with E-state index in [0.717, 1.165) is 18.5 Å². The zero-order valence-corrected chi connectivity index (χ0v) is 13.8. The van der Waals surface area contributed by atoms with Gasteiger partial charge in [0.05, 0.1) is 12.2 Å². The van der Waals surface area contributed by atoms with Crippen molar-refractivity contribution < 1.29 is 13.2 Å². The molecule has 6 nitrogen and oxygen atoms in total. The molecule has 0 N–H and O–H groups in total. The molecule has 1 atom stereocenters. The van der Waals surface area contributed by atoms with Crippen LogP contribution in [0, 0.1) is 6.92 Å². The summed E-state index contributed by atoms with van der Waals surface area (Å²) in [6, 6.07) is 6.97. The number of aromatic nitrogens is 2. The predicted octanol–water partition coefficient (Wildman–Crippen LogP) is 2.08. The number of sulfonamides is 1. The van der Waals surface area contributed by atoms with Crippen molar-refractivity contribution in [1.82, 2.24) is 14.5 Å². The third kappa shape index (κ3) is 3.29. The summed E-state index contributed by atoms with van der Waals surface area (Å²) in [5, 5.41) is 9.69. The standard InChI is InChI=1S/C14H17N3O3S2/c1-11-6-7-13(16-15-11)20-12-4-2-8-17(10-12)22(18,19)14-5-3-9-21-14/h3,5-7,9,12H,2,4,8,10H2,1H3/t12-/m1/s1. The van der Waals surface area contributed by atoms with Crippen LogP contribution in [0.3, 0.4) is 0 Å². The number of aryl methyl sites for hydroxylation is 1. The molecule has 0 radical (unpaired) electrons. The van der Waals surface area contributed by atoms with E-state index in [-0.39, 0.29) is 6.10 Å². The number of nitrogens with zero attached hydrogens (tertiary/aromatic N) is 3. The van der Waals surface area contributed by atoms with Crippen LogP contribution in [0.4, 0.5) is 0 Å². The maximum Gasteiger partial charge on any atom is 0.252 e. The average Bonchev–Trinajstić information content (AvgIpc) is 3.05. The third-order valence-corrected chi connectivity index (χ3v) is 6.73. The fourth-order valence-corrected chi connectivity index (χ4v) is 5.03. The lowest BCUT2D eigenvalue weighted by molar-refractivity contribution is 0.123. The van der Waals surface area contributed by atoms with Crippen molar-refractivity contribution in [1.29, 1.82) is 0 Å². The van der Waals surface area contributed by atoms with Gasteiger partial charge in [-0.2, -0.15) is 9.40 Å². The Morgan fingerprint density at radius 2 is 2.18 bits per heavy atom. The molecule has 1 aliphatic heterocycles. The summed E-state index contributed by atoms with van der Waals surface area (Å²) >= 11 is 1.24. The van der Waals surface area contributed by atoms with Crippen LogP contribution in [0.5, 0.6) is 5.88 Å². The van der Waals surface area contributed by atoms with E-state index in [9.17, 15) is 8.42 Å². The summed E-state index contributed by atoms with van der Waals surface area (Å²) in [7, 11) is -3.41. The van der Waals surface area contributed by atoms with Gasteiger partial charge in [-0.25, -0.2) is 8.42 Å². The smallest absolute Gasteiger partial charge is 0.252 e. The Hall–Kier alpha value is -1.51. The van der Waals surface area contributed by atoms with Crippen LogP contribution >= 0.6 is 11.3 Å². The minimum Gasteiger partial charge on any atom is -0.472 e. The highest BCUT2D eigenvalue weighted by molar-refractivity contribution is 7.91. The third-order valence-electron chi connectivity index (χ3n) is 3.49. The second-order valence-corrected chi connectivity index (χ2v) is 8.30. The van der Waals surface area contributed by atoms with E-state index in [1.54, 1.807) is 23.6 Å². The minimum atomic E-state index is -3.41. The van der Waals surface area contributed by atoms with Crippen LogP contribution in [-0.4, -0.2) is 42.1 Å². The molecule has 1 fully saturated rings. The van der Waals surface area contributed by atoms with Crippen molar-refractivity contribution in [3.63, 3.8) is 0 Å². The van der Waals surface area contributed by atoms with Crippen LogP contribution in [0.15, 0.2) is 33.9 Å². The summed E-state index contributed by atoms with van der Waals surface area (Å²) < 4.78 is 32.7. The molecule has 0 aliphatic carbocycles. The summed E-state index contributed by atoms with van der Waals surface area (Å²) in [6.45, 7) is 2.72. The lowest BCUT2D eigenvalue weighted by atomic mass is 10.1. The van der Waals surface area contributed by atoms with Gasteiger partial charge in [0.1, 0.15) is 10.3 Å². The highest BCUT2D eigenvalue weighted by atomic mass is 32.2. The zero-order chi connectivity index (χ0) is 15.6. The van der Waals surface area contributed by atoms with Gasteiger partial charge >= 0.3 is 0 Å². The molecule has 2 aromatic heterocycles. The quantitative estimate of drug-likeness (QED) is 0.853. The Kier molecular flexibility index (Phi) is 4.42. The summed E-state index contributed by atoms with van der Waals surface area (Å²) in [4.78, 5) is 0. The normalized spacial score (nSPS) is 20.0. The van der Waals surface area contributed by atoms with E-state index in [0.29, 0.717) is 23.2 Å². The van der Waals surface area contributed by atoms with Crippen LogP contribution in [-0.2, 0) is 10.0 Å². The first-order valence-corrected chi connectivity index (χ1v) is 9.38. The molecular formula is C14H17N3O3S2. The van der Waals surface area contributed by atoms with Crippen molar-refractivity contribution in [2.45, 2.75) is 30.1 Å². The fraction of sp³-hybridized carbons (Fsp3) is 0.429. The van der Waals surface area contributed by atoms with E-state index in [1.165, 1.54) is 15.6 Å². The second kappa shape index (κ2) is 6.31. The monoisotopic (exact) mass is 339 g/mol. The highest BCUT2D eigenvalue weighted by Crippen LogP contribution is 2.25. The summed E-state index contributed by atoms with van der Waals surface area (Å²) in [6.07, 6.45) is 1.39. The molecule has 0 saturated carbocycles. The van der Waals surface area contributed by atoms with Gasteiger partial charge in [-0.3, -0.25) is 0 Å². The number of thiophene rings is 1. The predicted molar refractivity (Wildman–Crippen MR) is 83.5 cm³/mol. The summed E-state index contributed by atoms with van der Waals surface area (Å²) in [5.74, 6) is 0.436. The largest absolute Gasteiger partial charge is 0.472 e. The Morgan fingerprint density at radius 1 is 1.32 bits per heavy atom. The Bertz CT molecular complexity index is 714. The van der Waals surface area contributed by atoms with Crippen molar-refractivity contribution in [3.05, 3.63) is 35.3 Å². The Labute approximate surface area is 133 Å². The second-order valence-electron chi connectivity index (χ2n) is 5.19.